The summed E-state index contributed by atoms with van der Waals surface area (Å²) in [6, 6.07) is 14.9. The molecule has 33 heavy (non-hydrogen) atoms. The van der Waals surface area contributed by atoms with Gasteiger partial charge in [0.15, 0.2) is 5.78 Å². The number of nitrogens with one attached hydrogen (secondary N) is 2. The number of para-hydroxylation sites is 2. The molecule has 1 amide bonds. The van der Waals surface area contributed by atoms with E-state index in [1.807, 2.05) is 53.4 Å². The molecule has 2 aromatic carbocycles. The molecule has 0 bridgehead atoms. The highest BCUT2D eigenvalue weighted by Gasteiger charge is 2.42. The van der Waals surface area contributed by atoms with Crippen LogP contribution in [0.5, 0.6) is 0 Å². The number of amides is 1. The molecular formula is C26H30ClN3O3. The topological polar surface area (TPSA) is 70.7 Å². The lowest BCUT2D eigenvalue weighted by Gasteiger charge is -2.38. The van der Waals surface area contributed by atoms with Crippen molar-refractivity contribution in [3.05, 3.63) is 70.4 Å². The van der Waals surface area contributed by atoms with Crippen LogP contribution in [0.1, 0.15) is 38.3 Å². The minimum atomic E-state index is -0.485. The van der Waals surface area contributed by atoms with Crippen molar-refractivity contribution in [2.24, 2.45) is 5.41 Å². The largest absolute Gasteiger partial charge is 0.383 e. The van der Waals surface area contributed by atoms with Crippen LogP contribution in [0, 0.1) is 5.41 Å². The summed E-state index contributed by atoms with van der Waals surface area (Å²) in [5, 5.41) is 7.02. The fourth-order valence-corrected chi connectivity index (χ4v) is 4.99. The molecule has 1 aliphatic heterocycles. The molecule has 2 aliphatic rings. The van der Waals surface area contributed by atoms with Crippen molar-refractivity contribution in [3.8, 4) is 0 Å². The summed E-state index contributed by atoms with van der Waals surface area (Å²) in [6.45, 7) is 5.14. The number of benzene rings is 2. The summed E-state index contributed by atoms with van der Waals surface area (Å²) in [5.41, 5.74) is 3.96. The first-order chi connectivity index (χ1) is 15.8. The van der Waals surface area contributed by atoms with Crippen molar-refractivity contribution in [2.75, 3.05) is 37.0 Å². The normalized spacial score (nSPS) is 19.3. The van der Waals surface area contributed by atoms with Crippen LogP contribution in [0.15, 0.2) is 59.8 Å². The Morgan fingerprint density at radius 3 is 2.67 bits per heavy atom. The highest BCUT2D eigenvalue weighted by molar-refractivity contribution is 6.31. The number of allylic oxidation sites excluding steroid dienone is 1. The summed E-state index contributed by atoms with van der Waals surface area (Å²) in [6.07, 6.45) is 1.18. The number of carbonyl (C=O) groups is 2. The van der Waals surface area contributed by atoms with Gasteiger partial charge in [-0.3, -0.25) is 9.59 Å². The number of Topliss-reactive ketones (excluding diaryl/α,β-unsaturated/α-hetero) is 1. The number of hydrogen-bond donors (Lipinski definition) is 2. The van der Waals surface area contributed by atoms with E-state index >= 15 is 0 Å². The molecule has 1 aliphatic carbocycles. The highest BCUT2D eigenvalue weighted by atomic mass is 35.5. The van der Waals surface area contributed by atoms with Crippen molar-refractivity contribution >= 4 is 34.7 Å². The van der Waals surface area contributed by atoms with Crippen LogP contribution in [0.2, 0.25) is 5.02 Å². The number of fused-ring (bicyclic) bond motifs is 1. The SMILES string of the molecule is COCCNC(=O)CN1c2ccccc2NC2=C(C(=O)CC(C)(C)C2)C1c1ccccc1Cl. The number of ether oxygens (including phenoxy) is 1. The van der Waals surface area contributed by atoms with Gasteiger partial charge in [0.1, 0.15) is 0 Å². The zero-order valence-corrected chi connectivity index (χ0v) is 20.0. The van der Waals surface area contributed by atoms with Crippen LogP contribution in [0.4, 0.5) is 11.4 Å². The van der Waals surface area contributed by atoms with E-state index < -0.39 is 6.04 Å². The van der Waals surface area contributed by atoms with Crippen molar-refractivity contribution in [1.82, 2.24) is 5.32 Å². The molecule has 0 spiro atoms. The van der Waals surface area contributed by atoms with Gasteiger partial charge in [-0.1, -0.05) is 55.8 Å². The molecule has 1 heterocycles. The van der Waals surface area contributed by atoms with E-state index in [0.717, 1.165) is 29.1 Å². The smallest absolute Gasteiger partial charge is 0.239 e. The second-order valence-electron chi connectivity index (χ2n) is 9.37. The molecule has 2 aromatic rings. The third-order valence-electron chi connectivity index (χ3n) is 6.15. The predicted molar refractivity (Wildman–Crippen MR) is 132 cm³/mol. The van der Waals surface area contributed by atoms with Crippen molar-refractivity contribution in [1.29, 1.82) is 0 Å². The standard InChI is InChI=1S/C26H30ClN3O3/c1-26(2)14-20-24(22(31)15-26)25(17-8-4-5-9-18(17)27)30(16-23(32)28-12-13-33-3)21-11-7-6-10-19(21)29-20/h4-11,25,29H,12-16H2,1-3H3,(H,28,32). The van der Waals surface area contributed by atoms with Crippen LogP contribution < -0.4 is 15.5 Å². The summed E-state index contributed by atoms with van der Waals surface area (Å²) in [7, 11) is 1.60. The van der Waals surface area contributed by atoms with Crippen LogP contribution in [-0.2, 0) is 14.3 Å². The van der Waals surface area contributed by atoms with Gasteiger partial charge in [0.2, 0.25) is 5.91 Å². The van der Waals surface area contributed by atoms with Crippen LogP contribution in [0.3, 0.4) is 0 Å². The van der Waals surface area contributed by atoms with Crippen molar-refractivity contribution < 1.29 is 14.3 Å². The lowest BCUT2D eigenvalue weighted by Crippen LogP contribution is -2.42. The molecule has 0 saturated heterocycles. The number of halogens is 1. The molecule has 4 rings (SSSR count). The minimum absolute atomic E-state index is 0.0751. The Morgan fingerprint density at radius 1 is 1.18 bits per heavy atom. The minimum Gasteiger partial charge on any atom is -0.383 e. The Balaban J connectivity index is 1.88. The fourth-order valence-electron chi connectivity index (χ4n) is 4.75. The highest BCUT2D eigenvalue weighted by Crippen LogP contribution is 2.49. The molecule has 0 fully saturated rings. The number of carbonyl (C=O) groups excluding carboxylic acids is 2. The van der Waals surface area contributed by atoms with Crippen LogP contribution in [-0.4, -0.2) is 38.5 Å². The molecule has 6 nitrogen and oxygen atoms in total. The van der Waals surface area contributed by atoms with Gasteiger partial charge in [0.25, 0.3) is 0 Å². The molecule has 1 unspecified atom stereocenters. The molecule has 0 radical (unpaired) electrons. The Kier molecular flexibility index (Phi) is 6.77. The third kappa shape index (κ3) is 4.92. The second kappa shape index (κ2) is 9.57. The van der Waals surface area contributed by atoms with Gasteiger partial charge in [0, 0.05) is 36.4 Å². The summed E-state index contributed by atoms with van der Waals surface area (Å²) in [5.74, 6) is -0.0668. The van der Waals surface area contributed by atoms with E-state index in [0.29, 0.717) is 30.2 Å². The van der Waals surface area contributed by atoms with E-state index in [1.54, 1.807) is 7.11 Å². The van der Waals surface area contributed by atoms with E-state index in [9.17, 15) is 9.59 Å². The van der Waals surface area contributed by atoms with Gasteiger partial charge in [0.05, 0.1) is 30.6 Å². The number of methoxy groups -OCH3 is 1. The van der Waals surface area contributed by atoms with Gasteiger partial charge in [-0.05, 0) is 35.6 Å². The molecule has 174 valence electrons. The third-order valence-corrected chi connectivity index (χ3v) is 6.49. The number of nitrogens with zero attached hydrogens (tertiary/aromatic N) is 1. The molecule has 0 saturated carbocycles. The van der Waals surface area contributed by atoms with Gasteiger partial charge >= 0.3 is 0 Å². The van der Waals surface area contributed by atoms with Gasteiger partial charge < -0.3 is 20.3 Å². The number of ketones is 1. The Morgan fingerprint density at radius 2 is 1.91 bits per heavy atom. The summed E-state index contributed by atoms with van der Waals surface area (Å²) >= 11 is 6.68. The fraction of sp³-hybridized carbons (Fsp3) is 0.385. The molecule has 0 aromatic heterocycles. The van der Waals surface area contributed by atoms with Crippen LogP contribution >= 0.6 is 11.6 Å². The Hall–Kier alpha value is -2.83. The Labute approximate surface area is 199 Å². The second-order valence-corrected chi connectivity index (χ2v) is 9.78. The lowest BCUT2D eigenvalue weighted by molar-refractivity contribution is -0.121. The van der Waals surface area contributed by atoms with E-state index in [4.69, 9.17) is 16.3 Å². The molecule has 2 N–H and O–H groups in total. The Bertz CT molecular complexity index is 1100. The molecular weight excluding hydrogens is 438 g/mol. The average Bonchev–Trinajstić information content (AvgIpc) is 2.88. The number of rotatable bonds is 6. The van der Waals surface area contributed by atoms with Gasteiger partial charge in [-0.25, -0.2) is 0 Å². The first kappa shape index (κ1) is 23.3. The maximum atomic E-state index is 13.6. The lowest BCUT2D eigenvalue weighted by atomic mass is 9.73. The molecule has 1 atom stereocenters. The van der Waals surface area contributed by atoms with E-state index in [-0.39, 0.29) is 23.7 Å². The average molecular weight is 468 g/mol. The summed E-state index contributed by atoms with van der Waals surface area (Å²) < 4.78 is 5.06. The maximum Gasteiger partial charge on any atom is 0.239 e. The zero-order valence-electron chi connectivity index (χ0n) is 19.3. The quantitative estimate of drug-likeness (QED) is 0.601. The van der Waals surface area contributed by atoms with Crippen molar-refractivity contribution in [2.45, 2.75) is 32.7 Å². The zero-order chi connectivity index (χ0) is 23.6. The first-order valence-corrected chi connectivity index (χ1v) is 11.6. The predicted octanol–water partition coefficient (Wildman–Crippen LogP) is 4.72. The first-order valence-electron chi connectivity index (χ1n) is 11.2. The van der Waals surface area contributed by atoms with Gasteiger partial charge in [-0.15, -0.1) is 0 Å². The van der Waals surface area contributed by atoms with Crippen LogP contribution in [0.25, 0.3) is 0 Å². The monoisotopic (exact) mass is 467 g/mol. The van der Waals surface area contributed by atoms with Gasteiger partial charge in [-0.2, -0.15) is 0 Å². The van der Waals surface area contributed by atoms with E-state index in [2.05, 4.69) is 24.5 Å². The number of hydrogen-bond acceptors (Lipinski definition) is 5. The van der Waals surface area contributed by atoms with E-state index in [1.165, 1.54) is 0 Å². The molecule has 7 heteroatoms. The maximum absolute atomic E-state index is 13.6. The van der Waals surface area contributed by atoms with Crippen molar-refractivity contribution in [3.63, 3.8) is 0 Å². The number of anilines is 2. The summed E-state index contributed by atoms with van der Waals surface area (Å²) in [4.78, 5) is 28.5.